The Bertz CT molecular complexity index is 301. The maximum Gasteiger partial charge on any atom is 0.150 e. The van der Waals surface area contributed by atoms with Crippen molar-refractivity contribution in [3.05, 3.63) is 30.2 Å². The molecular weight excluding hydrogens is 198 g/mol. The lowest BCUT2D eigenvalue weighted by Gasteiger charge is -2.18. The predicted molar refractivity (Wildman–Crippen MR) is 59.7 cm³/mol. The summed E-state index contributed by atoms with van der Waals surface area (Å²) >= 11 is 5.95. The van der Waals surface area contributed by atoms with E-state index in [0.29, 0.717) is 5.02 Å². The summed E-state index contributed by atoms with van der Waals surface area (Å²) in [7, 11) is 1.97. The highest BCUT2D eigenvalue weighted by atomic mass is 35.5. The predicted octanol–water partition coefficient (Wildman–Crippen LogP) is 2.53. The number of rotatable bonds is 5. The quantitative estimate of drug-likeness (QED) is 0.554. The van der Waals surface area contributed by atoms with E-state index in [0.717, 1.165) is 25.2 Å². The van der Waals surface area contributed by atoms with Gasteiger partial charge in [0.2, 0.25) is 0 Å². The first-order valence-electron chi connectivity index (χ1n) is 4.53. The third-order valence-corrected chi connectivity index (χ3v) is 2.18. The lowest BCUT2D eigenvalue weighted by atomic mass is 10.3. The molecule has 14 heavy (non-hydrogen) atoms. The van der Waals surface area contributed by atoms with Gasteiger partial charge in [-0.15, -0.1) is 6.58 Å². The van der Waals surface area contributed by atoms with Crippen LogP contribution in [0.15, 0.2) is 25.2 Å². The monoisotopic (exact) mass is 211 g/mol. The van der Waals surface area contributed by atoms with E-state index in [9.17, 15) is 0 Å². The van der Waals surface area contributed by atoms with Crippen LogP contribution < -0.4 is 4.90 Å². The van der Waals surface area contributed by atoms with Gasteiger partial charge in [0.15, 0.2) is 5.82 Å². The molecule has 0 amide bonds. The van der Waals surface area contributed by atoms with Crippen molar-refractivity contribution < 1.29 is 0 Å². The average Bonchev–Trinajstić information content (AvgIpc) is 2.18. The molecule has 0 bridgehead atoms. The van der Waals surface area contributed by atoms with E-state index < -0.39 is 0 Å². The van der Waals surface area contributed by atoms with Crippen LogP contribution in [0.5, 0.6) is 0 Å². The van der Waals surface area contributed by atoms with E-state index in [1.807, 2.05) is 18.0 Å². The topological polar surface area (TPSA) is 29.0 Å². The van der Waals surface area contributed by atoms with E-state index >= 15 is 0 Å². The highest BCUT2D eigenvalue weighted by Gasteiger charge is 2.05. The van der Waals surface area contributed by atoms with Crippen LogP contribution in [0.3, 0.4) is 0 Å². The van der Waals surface area contributed by atoms with Crippen LogP contribution in [-0.4, -0.2) is 23.6 Å². The SMILES string of the molecule is C=CCCCN(C)c1ncncc1Cl. The Kier molecular flexibility index (Phi) is 4.40. The first-order valence-corrected chi connectivity index (χ1v) is 4.91. The van der Waals surface area contributed by atoms with E-state index in [1.54, 1.807) is 6.20 Å². The first-order chi connectivity index (χ1) is 6.75. The van der Waals surface area contributed by atoms with E-state index in [2.05, 4.69) is 16.5 Å². The molecule has 1 aromatic rings. The zero-order valence-electron chi connectivity index (χ0n) is 8.28. The van der Waals surface area contributed by atoms with Crippen molar-refractivity contribution in [3.63, 3.8) is 0 Å². The van der Waals surface area contributed by atoms with Gasteiger partial charge in [0.05, 0.1) is 6.20 Å². The molecule has 0 aliphatic carbocycles. The van der Waals surface area contributed by atoms with E-state index in [-0.39, 0.29) is 0 Å². The maximum absolute atomic E-state index is 5.95. The molecule has 1 heterocycles. The molecule has 0 saturated carbocycles. The molecular formula is C10H14ClN3. The number of hydrogen-bond donors (Lipinski definition) is 0. The Labute approximate surface area is 89.4 Å². The second kappa shape index (κ2) is 5.60. The summed E-state index contributed by atoms with van der Waals surface area (Å²) in [5.74, 6) is 0.783. The molecule has 0 N–H and O–H groups in total. The van der Waals surface area contributed by atoms with Crippen LogP contribution >= 0.6 is 11.6 Å². The molecule has 0 atom stereocenters. The number of hydrogen-bond acceptors (Lipinski definition) is 3. The Morgan fingerprint density at radius 3 is 3.07 bits per heavy atom. The molecule has 76 valence electrons. The third-order valence-electron chi connectivity index (χ3n) is 1.91. The zero-order chi connectivity index (χ0) is 10.4. The first kappa shape index (κ1) is 11.0. The van der Waals surface area contributed by atoms with Crippen LogP contribution in [0.1, 0.15) is 12.8 Å². The number of allylic oxidation sites excluding steroid dienone is 1. The molecule has 1 aromatic heterocycles. The number of aromatic nitrogens is 2. The van der Waals surface area contributed by atoms with E-state index in [4.69, 9.17) is 11.6 Å². The van der Waals surface area contributed by atoms with Gasteiger partial charge < -0.3 is 4.90 Å². The minimum atomic E-state index is 0.591. The van der Waals surface area contributed by atoms with Gasteiger partial charge in [-0.25, -0.2) is 9.97 Å². The summed E-state index contributed by atoms with van der Waals surface area (Å²) in [6.45, 7) is 4.60. The Hall–Kier alpha value is -1.09. The Morgan fingerprint density at radius 1 is 1.64 bits per heavy atom. The molecule has 0 radical (unpaired) electrons. The molecule has 0 fully saturated rings. The van der Waals surface area contributed by atoms with Crippen LogP contribution in [0.25, 0.3) is 0 Å². The number of nitrogens with zero attached hydrogens (tertiary/aromatic N) is 3. The zero-order valence-corrected chi connectivity index (χ0v) is 9.04. The van der Waals surface area contributed by atoms with Crippen molar-refractivity contribution in [2.75, 3.05) is 18.5 Å². The third kappa shape index (κ3) is 3.00. The summed E-state index contributed by atoms with van der Waals surface area (Å²) in [6, 6.07) is 0. The highest BCUT2D eigenvalue weighted by molar-refractivity contribution is 6.32. The van der Waals surface area contributed by atoms with Crippen molar-refractivity contribution in [2.45, 2.75) is 12.8 Å². The van der Waals surface area contributed by atoms with Gasteiger partial charge >= 0.3 is 0 Å². The van der Waals surface area contributed by atoms with Crippen LogP contribution in [0, 0.1) is 0 Å². The molecule has 1 rings (SSSR count). The summed E-state index contributed by atoms with van der Waals surface area (Å²) in [4.78, 5) is 9.97. The molecule has 0 unspecified atom stereocenters. The van der Waals surface area contributed by atoms with Gasteiger partial charge in [-0.05, 0) is 12.8 Å². The maximum atomic E-state index is 5.95. The number of anilines is 1. The minimum Gasteiger partial charge on any atom is -0.358 e. The number of halogens is 1. The van der Waals surface area contributed by atoms with Gasteiger partial charge in [0.1, 0.15) is 11.3 Å². The summed E-state index contributed by atoms with van der Waals surface area (Å²) in [5, 5.41) is 0.591. The molecule has 4 heteroatoms. The average molecular weight is 212 g/mol. The van der Waals surface area contributed by atoms with Gasteiger partial charge in [-0.1, -0.05) is 17.7 Å². The largest absolute Gasteiger partial charge is 0.358 e. The van der Waals surface area contributed by atoms with E-state index in [1.165, 1.54) is 6.33 Å². The fourth-order valence-electron chi connectivity index (χ4n) is 1.17. The van der Waals surface area contributed by atoms with Crippen molar-refractivity contribution in [2.24, 2.45) is 0 Å². The van der Waals surface area contributed by atoms with Crippen molar-refractivity contribution in [1.29, 1.82) is 0 Å². The second-order valence-electron chi connectivity index (χ2n) is 3.05. The second-order valence-corrected chi connectivity index (χ2v) is 3.45. The fraction of sp³-hybridized carbons (Fsp3) is 0.400. The molecule has 0 aromatic carbocycles. The number of unbranched alkanes of at least 4 members (excludes halogenated alkanes) is 1. The summed E-state index contributed by atoms with van der Waals surface area (Å²) in [6.07, 6.45) is 7.09. The normalized spacial score (nSPS) is 9.86. The van der Waals surface area contributed by atoms with Crippen LogP contribution in [-0.2, 0) is 0 Å². The summed E-state index contributed by atoms with van der Waals surface area (Å²) in [5.41, 5.74) is 0. The highest BCUT2D eigenvalue weighted by Crippen LogP contribution is 2.19. The van der Waals surface area contributed by atoms with Gasteiger partial charge in [-0.2, -0.15) is 0 Å². The van der Waals surface area contributed by atoms with Crippen molar-refractivity contribution in [3.8, 4) is 0 Å². The van der Waals surface area contributed by atoms with Crippen LogP contribution in [0.4, 0.5) is 5.82 Å². The molecule has 0 spiro atoms. The molecule has 0 aliphatic heterocycles. The smallest absolute Gasteiger partial charge is 0.150 e. The lowest BCUT2D eigenvalue weighted by Crippen LogP contribution is -2.19. The van der Waals surface area contributed by atoms with Crippen LogP contribution in [0.2, 0.25) is 5.02 Å². The molecule has 0 aliphatic rings. The standard InChI is InChI=1S/C10H14ClN3/c1-3-4-5-6-14(2)10-9(11)7-12-8-13-10/h3,7-8H,1,4-6H2,2H3. The molecule has 3 nitrogen and oxygen atoms in total. The summed E-state index contributed by atoms with van der Waals surface area (Å²) < 4.78 is 0. The van der Waals surface area contributed by atoms with Gasteiger partial charge in [0.25, 0.3) is 0 Å². The van der Waals surface area contributed by atoms with Crippen molar-refractivity contribution in [1.82, 2.24) is 9.97 Å². The molecule has 0 saturated heterocycles. The lowest BCUT2D eigenvalue weighted by molar-refractivity contribution is 0.790. The Balaban J connectivity index is 2.55. The van der Waals surface area contributed by atoms with Crippen molar-refractivity contribution >= 4 is 17.4 Å². The van der Waals surface area contributed by atoms with Gasteiger partial charge in [0, 0.05) is 13.6 Å². The van der Waals surface area contributed by atoms with Gasteiger partial charge in [-0.3, -0.25) is 0 Å². The fourth-order valence-corrected chi connectivity index (χ4v) is 1.42. The Morgan fingerprint density at radius 2 is 2.43 bits per heavy atom. The minimum absolute atomic E-state index is 0.591.